The Balaban J connectivity index is 2.09. The maximum atomic E-state index is 6.31. The molecule has 0 aliphatic rings. The zero-order valence-electron chi connectivity index (χ0n) is 12.9. The summed E-state index contributed by atoms with van der Waals surface area (Å²) >= 11 is 0. The van der Waals surface area contributed by atoms with Crippen molar-refractivity contribution >= 4 is 0 Å². The summed E-state index contributed by atoms with van der Waals surface area (Å²) in [6.45, 7) is 2.12. The van der Waals surface area contributed by atoms with Crippen LogP contribution >= 0.6 is 0 Å². The van der Waals surface area contributed by atoms with Gasteiger partial charge in [-0.25, -0.2) is 0 Å². The maximum Gasteiger partial charge on any atom is 0.125 e. The molecule has 2 aromatic carbocycles. The molecule has 0 aliphatic heterocycles. The molecule has 3 nitrogen and oxygen atoms in total. The van der Waals surface area contributed by atoms with Crippen LogP contribution < -0.4 is 15.2 Å². The molecule has 0 amide bonds. The summed E-state index contributed by atoms with van der Waals surface area (Å²) in [6, 6.07) is 14.3. The van der Waals surface area contributed by atoms with E-state index in [1.165, 1.54) is 11.1 Å². The average Bonchev–Trinajstić information content (AvgIpc) is 2.50. The van der Waals surface area contributed by atoms with Gasteiger partial charge in [0.05, 0.1) is 14.2 Å². The summed E-state index contributed by atoms with van der Waals surface area (Å²) in [7, 11) is 3.32. The van der Waals surface area contributed by atoms with Crippen LogP contribution in [0.4, 0.5) is 0 Å². The van der Waals surface area contributed by atoms with Gasteiger partial charge in [-0.1, -0.05) is 30.3 Å². The van der Waals surface area contributed by atoms with Crippen molar-refractivity contribution in [3.05, 3.63) is 59.2 Å². The van der Waals surface area contributed by atoms with E-state index in [9.17, 15) is 0 Å². The second-order valence-electron chi connectivity index (χ2n) is 5.27. The largest absolute Gasteiger partial charge is 0.497 e. The summed E-state index contributed by atoms with van der Waals surface area (Å²) in [5, 5.41) is 0. The molecule has 0 fully saturated rings. The molecule has 0 saturated heterocycles. The number of rotatable bonds is 6. The van der Waals surface area contributed by atoms with E-state index in [2.05, 4.69) is 31.2 Å². The Morgan fingerprint density at radius 2 is 1.67 bits per heavy atom. The van der Waals surface area contributed by atoms with Gasteiger partial charge in [0.1, 0.15) is 11.5 Å². The van der Waals surface area contributed by atoms with E-state index in [1.54, 1.807) is 14.2 Å². The van der Waals surface area contributed by atoms with Gasteiger partial charge < -0.3 is 15.2 Å². The van der Waals surface area contributed by atoms with Crippen LogP contribution in [0.25, 0.3) is 0 Å². The molecule has 0 heterocycles. The van der Waals surface area contributed by atoms with Crippen LogP contribution in [-0.2, 0) is 12.8 Å². The number of hydrogen-bond acceptors (Lipinski definition) is 3. The van der Waals surface area contributed by atoms with Crippen molar-refractivity contribution in [1.29, 1.82) is 0 Å². The first kappa shape index (κ1) is 15.4. The Morgan fingerprint density at radius 3 is 2.33 bits per heavy atom. The molecule has 3 heteroatoms. The normalized spacial score (nSPS) is 12.0. The average molecular weight is 285 g/mol. The van der Waals surface area contributed by atoms with E-state index in [4.69, 9.17) is 15.2 Å². The van der Waals surface area contributed by atoms with E-state index >= 15 is 0 Å². The first-order chi connectivity index (χ1) is 10.1. The topological polar surface area (TPSA) is 44.5 Å². The Kier molecular flexibility index (Phi) is 5.23. The predicted molar refractivity (Wildman–Crippen MR) is 86.1 cm³/mol. The Labute approximate surface area is 126 Å². The van der Waals surface area contributed by atoms with E-state index < -0.39 is 0 Å². The minimum Gasteiger partial charge on any atom is -0.497 e. The van der Waals surface area contributed by atoms with E-state index in [0.717, 1.165) is 29.9 Å². The molecule has 0 spiro atoms. The van der Waals surface area contributed by atoms with Gasteiger partial charge in [-0.15, -0.1) is 0 Å². The van der Waals surface area contributed by atoms with E-state index in [0.29, 0.717) is 0 Å². The van der Waals surface area contributed by atoms with Crippen molar-refractivity contribution < 1.29 is 9.47 Å². The van der Waals surface area contributed by atoms with Gasteiger partial charge in [0.15, 0.2) is 0 Å². The predicted octanol–water partition coefficient (Wildman–Crippen LogP) is 3.12. The van der Waals surface area contributed by atoms with Crippen molar-refractivity contribution in [3.63, 3.8) is 0 Å². The van der Waals surface area contributed by atoms with Gasteiger partial charge in [0.25, 0.3) is 0 Å². The fourth-order valence-electron chi connectivity index (χ4n) is 2.50. The summed E-state index contributed by atoms with van der Waals surface area (Å²) in [6.07, 6.45) is 1.64. The first-order valence-electron chi connectivity index (χ1n) is 7.15. The lowest BCUT2D eigenvalue weighted by Gasteiger charge is -2.16. The molecule has 112 valence electrons. The fourth-order valence-corrected chi connectivity index (χ4v) is 2.50. The molecular formula is C18H23NO2. The zero-order valence-corrected chi connectivity index (χ0v) is 12.9. The number of hydrogen-bond donors (Lipinski definition) is 1. The summed E-state index contributed by atoms with van der Waals surface area (Å²) in [5.41, 5.74) is 10.0. The summed E-state index contributed by atoms with van der Waals surface area (Å²) < 4.78 is 10.6. The monoisotopic (exact) mass is 285 g/mol. The molecule has 0 bridgehead atoms. The zero-order chi connectivity index (χ0) is 15.2. The van der Waals surface area contributed by atoms with Crippen LogP contribution in [0.5, 0.6) is 11.5 Å². The minimum absolute atomic E-state index is 0.0633. The van der Waals surface area contributed by atoms with Gasteiger partial charge in [0.2, 0.25) is 0 Å². The molecule has 2 rings (SSSR count). The van der Waals surface area contributed by atoms with Crippen LogP contribution in [0.15, 0.2) is 42.5 Å². The lowest BCUT2D eigenvalue weighted by molar-refractivity contribution is 0.390. The number of methoxy groups -OCH3 is 2. The third kappa shape index (κ3) is 3.99. The quantitative estimate of drug-likeness (QED) is 0.887. The molecular weight excluding hydrogens is 262 g/mol. The fraction of sp³-hybridized carbons (Fsp3) is 0.333. The maximum absolute atomic E-state index is 6.31. The minimum atomic E-state index is 0.0633. The van der Waals surface area contributed by atoms with Crippen molar-refractivity contribution in [1.82, 2.24) is 0 Å². The number of aryl methyl sites for hydroxylation is 1. The smallest absolute Gasteiger partial charge is 0.125 e. The molecule has 0 radical (unpaired) electrons. The summed E-state index contributed by atoms with van der Waals surface area (Å²) in [5.74, 6) is 1.62. The molecule has 1 atom stereocenters. The lowest BCUT2D eigenvalue weighted by Crippen LogP contribution is -2.26. The second kappa shape index (κ2) is 7.14. The third-order valence-electron chi connectivity index (χ3n) is 3.72. The molecule has 1 unspecified atom stereocenters. The van der Waals surface area contributed by atoms with Gasteiger partial charge >= 0.3 is 0 Å². The molecule has 2 aromatic rings. The number of ether oxygens (including phenoxy) is 2. The van der Waals surface area contributed by atoms with Crippen molar-refractivity contribution in [2.45, 2.75) is 25.8 Å². The van der Waals surface area contributed by atoms with Gasteiger partial charge in [-0.05, 0) is 42.5 Å². The highest BCUT2D eigenvalue weighted by atomic mass is 16.5. The van der Waals surface area contributed by atoms with Gasteiger partial charge in [-0.2, -0.15) is 0 Å². The lowest BCUT2D eigenvalue weighted by atomic mass is 9.96. The number of benzene rings is 2. The van der Waals surface area contributed by atoms with Crippen LogP contribution in [-0.4, -0.2) is 20.3 Å². The van der Waals surface area contributed by atoms with Gasteiger partial charge in [-0.3, -0.25) is 0 Å². The van der Waals surface area contributed by atoms with Crippen LogP contribution in [0.3, 0.4) is 0 Å². The van der Waals surface area contributed by atoms with Crippen LogP contribution in [0.2, 0.25) is 0 Å². The molecule has 2 N–H and O–H groups in total. The SMILES string of the molecule is COc1ccc(CC(N)Cc2ccccc2C)c(OC)c1. The second-order valence-corrected chi connectivity index (χ2v) is 5.27. The van der Waals surface area contributed by atoms with Crippen molar-refractivity contribution in [3.8, 4) is 11.5 Å². The highest BCUT2D eigenvalue weighted by Crippen LogP contribution is 2.26. The number of nitrogens with two attached hydrogens (primary N) is 1. The highest BCUT2D eigenvalue weighted by Gasteiger charge is 2.11. The Hall–Kier alpha value is -2.00. The third-order valence-corrected chi connectivity index (χ3v) is 3.72. The molecule has 0 aliphatic carbocycles. The van der Waals surface area contributed by atoms with Crippen molar-refractivity contribution in [2.24, 2.45) is 5.73 Å². The summed E-state index contributed by atoms with van der Waals surface area (Å²) in [4.78, 5) is 0. The van der Waals surface area contributed by atoms with Crippen LogP contribution in [0.1, 0.15) is 16.7 Å². The highest BCUT2D eigenvalue weighted by molar-refractivity contribution is 5.41. The molecule has 0 saturated carbocycles. The molecule has 21 heavy (non-hydrogen) atoms. The standard InChI is InChI=1S/C18H23NO2/c1-13-6-4-5-7-14(13)10-16(19)11-15-8-9-17(20-2)12-18(15)21-3/h4-9,12,16H,10-11,19H2,1-3H3. The van der Waals surface area contributed by atoms with Crippen LogP contribution in [0, 0.1) is 6.92 Å². The van der Waals surface area contributed by atoms with Gasteiger partial charge in [0, 0.05) is 12.1 Å². The molecule has 0 aromatic heterocycles. The van der Waals surface area contributed by atoms with E-state index in [1.807, 2.05) is 18.2 Å². The Morgan fingerprint density at radius 1 is 0.952 bits per heavy atom. The first-order valence-corrected chi connectivity index (χ1v) is 7.15. The van der Waals surface area contributed by atoms with E-state index in [-0.39, 0.29) is 6.04 Å². The van der Waals surface area contributed by atoms with Crippen molar-refractivity contribution in [2.75, 3.05) is 14.2 Å². The Bertz CT molecular complexity index is 596.